The van der Waals surface area contributed by atoms with Gasteiger partial charge in [-0.15, -0.1) is 0 Å². The third-order valence-electron chi connectivity index (χ3n) is 3.52. The first-order chi connectivity index (χ1) is 10.0. The van der Waals surface area contributed by atoms with Crippen molar-refractivity contribution in [2.24, 2.45) is 4.99 Å². The molecule has 0 radical (unpaired) electrons. The molecule has 3 nitrogen and oxygen atoms in total. The van der Waals surface area contributed by atoms with Crippen molar-refractivity contribution in [3.63, 3.8) is 0 Å². The average Bonchev–Trinajstić information content (AvgIpc) is 2.58. The first kappa shape index (κ1) is 13.8. The molecule has 2 aromatic rings. The fraction of sp³-hybridized carbons (Fsp3) is 0.176. The Morgan fingerprint density at radius 3 is 2.57 bits per heavy atom. The van der Waals surface area contributed by atoms with Crippen LogP contribution in [0.4, 0.5) is 5.69 Å². The summed E-state index contributed by atoms with van der Waals surface area (Å²) in [5.41, 5.74) is 4.55. The Kier molecular flexibility index (Phi) is 3.52. The first-order valence-corrected chi connectivity index (χ1v) is 7.18. The van der Waals surface area contributed by atoms with Gasteiger partial charge < -0.3 is 5.32 Å². The Balaban J connectivity index is 2.21. The maximum absolute atomic E-state index is 12.0. The molecular weight excluding hydrogens is 284 g/mol. The molecular formula is C17H15ClN2O. The minimum Gasteiger partial charge on any atom is -0.324 e. The predicted molar refractivity (Wildman–Crippen MR) is 86.4 cm³/mol. The molecule has 1 N–H and O–H groups in total. The third-order valence-corrected chi connectivity index (χ3v) is 3.76. The van der Waals surface area contributed by atoms with Crippen molar-refractivity contribution in [1.82, 2.24) is 0 Å². The van der Waals surface area contributed by atoms with E-state index in [1.54, 1.807) is 13.0 Å². The molecule has 1 amide bonds. The van der Waals surface area contributed by atoms with Gasteiger partial charge in [0.1, 0.15) is 6.04 Å². The van der Waals surface area contributed by atoms with Crippen molar-refractivity contribution in [2.45, 2.75) is 19.9 Å². The number of carbonyl (C=O) groups excluding carboxylic acids is 1. The zero-order valence-corrected chi connectivity index (χ0v) is 12.6. The second-order valence-corrected chi connectivity index (χ2v) is 5.64. The van der Waals surface area contributed by atoms with Crippen LogP contribution in [0, 0.1) is 6.92 Å². The van der Waals surface area contributed by atoms with Gasteiger partial charge in [-0.3, -0.25) is 9.79 Å². The van der Waals surface area contributed by atoms with Crippen LogP contribution in [0.3, 0.4) is 0 Å². The summed E-state index contributed by atoms with van der Waals surface area (Å²) in [5, 5.41) is 3.52. The molecule has 1 aliphatic heterocycles. The van der Waals surface area contributed by atoms with Gasteiger partial charge in [0.25, 0.3) is 0 Å². The average molecular weight is 299 g/mol. The highest BCUT2D eigenvalue weighted by Crippen LogP contribution is 2.27. The zero-order valence-electron chi connectivity index (χ0n) is 11.9. The number of amides is 1. The van der Waals surface area contributed by atoms with Crippen molar-refractivity contribution >= 4 is 28.9 Å². The number of rotatable bonds is 1. The number of hydrogen-bond acceptors (Lipinski definition) is 2. The van der Waals surface area contributed by atoms with Crippen LogP contribution >= 0.6 is 11.6 Å². The van der Waals surface area contributed by atoms with Gasteiger partial charge in [-0.05, 0) is 32.0 Å². The van der Waals surface area contributed by atoms with Crippen LogP contribution in [0.5, 0.6) is 0 Å². The van der Waals surface area contributed by atoms with E-state index >= 15 is 0 Å². The Morgan fingerprint density at radius 2 is 1.86 bits per heavy atom. The minimum absolute atomic E-state index is 0.110. The van der Waals surface area contributed by atoms with Crippen molar-refractivity contribution < 1.29 is 4.79 Å². The summed E-state index contributed by atoms with van der Waals surface area (Å²) in [6.45, 7) is 3.83. The number of hydrogen-bond donors (Lipinski definition) is 1. The maximum atomic E-state index is 12.0. The van der Waals surface area contributed by atoms with E-state index in [1.807, 2.05) is 43.3 Å². The molecule has 0 aromatic heterocycles. The number of fused-ring (bicyclic) bond motifs is 1. The van der Waals surface area contributed by atoms with Crippen molar-refractivity contribution in [1.29, 1.82) is 0 Å². The third kappa shape index (κ3) is 2.69. The van der Waals surface area contributed by atoms with Crippen LogP contribution in [0.25, 0.3) is 0 Å². The van der Waals surface area contributed by atoms with Crippen LogP contribution < -0.4 is 5.32 Å². The summed E-state index contributed by atoms with van der Waals surface area (Å²) in [7, 11) is 0. The summed E-state index contributed by atoms with van der Waals surface area (Å²) >= 11 is 6.11. The minimum atomic E-state index is -0.438. The summed E-state index contributed by atoms with van der Waals surface area (Å²) < 4.78 is 0. The zero-order chi connectivity index (χ0) is 15.0. The van der Waals surface area contributed by atoms with Gasteiger partial charge >= 0.3 is 0 Å². The van der Waals surface area contributed by atoms with Crippen LogP contribution in [0.1, 0.15) is 23.6 Å². The van der Waals surface area contributed by atoms with Gasteiger partial charge in [0, 0.05) is 16.1 Å². The number of aryl methyl sites for hydroxylation is 1. The number of nitrogens with zero attached hydrogens (tertiary/aromatic N) is 1. The summed E-state index contributed by atoms with van der Waals surface area (Å²) in [6, 6.07) is 13.1. The van der Waals surface area contributed by atoms with Gasteiger partial charge in [-0.1, -0.05) is 41.4 Å². The quantitative estimate of drug-likeness (QED) is 0.854. The molecule has 0 aliphatic carbocycles. The van der Waals surface area contributed by atoms with Gasteiger partial charge in [-0.2, -0.15) is 0 Å². The fourth-order valence-corrected chi connectivity index (χ4v) is 2.49. The van der Waals surface area contributed by atoms with Crippen molar-refractivity contribution in [3.8, 4) is 0 Å². The number of benzodiazepines with no additional fused rings is 1. The van der Waals surface area contributed by atoms with Crippen LogP contribution in [0.15, 0.2) is 47.5 Å². The number of carbonyl (C=O) groups is 1. The van der Waals surface area contributed by atoms with E-state index in [4.69, 9.17) is 11.6 Å². The molecule has 21 heavy (non-hydrogen) atoms. The van der Waals surface area contributed by atoms with Gasteiger partial charge in [0.2, 0.25) is 5.91 Å². The monoisotopic (exact) mass is 298 g/mol. The highest BCUT2D eigenvalue weighted by atomic mass is 35.5. The summed E-state index contributed by atoms with van der Waals surface area (Å²) in [4.78, 5) is 16.6. The largest absolute Gasteiger partial charge is 0.324 e. The number of benzene rings is 2. The molecule has 3 rings (SSSR count). The number of nitrogens with one attached hydrogen (secondary N) is 1. The molecule has 0 saturated carbocycles. The molecule has 1 unspecified atom stereocenters. The van der Waals surface area contributed by atoms with Gasteiger partial charge in [0.05, 0.1) is 11.4 Å². The van der Waals surface area contributed by atoms with Crippen LogP contribution in [-0.2, 0) is 4.79 Å². The predicted octanol–water partition coefficient (Wildman–Crippen LogP) is 3.83. The highest BCUT2D eigenvalue weighted by Gasteiger charge is 2.22. The molecule has 106 valence electrons. The second kappa shape index (κ2) is 5.34. The molecule has 0 saturated heterocycles. The van der Waals surface area contributed by atoms with Gasteiger partial charge in [-0.25, -0.2) is 0 Å². The lowest BCUT2D eigenvalue weighted by Gasteiger charge is -2.10. The van der Waals surface area contributed by atoms with E-state index < -0.39 is 6.04 Å². The molecule has 0 fully saturated rings. The Hall–Kier alpha value is -2.13. The molecule has 1 aliphatic rings. The first-order valence-electron chi connectivity index (χ1n) is 6.80. The van der Waals surface area contributed by atoms with Crippen LogP contribution in [0.2, 0.25) is 5.02 Å². The molecule has 1 atom stereocenters. The summed E-state index contributed by atoms with van der Waals surface area (Å²) in [5.74, 6) is -0.110. The lowest BCUT2D eigenvalue weighted by molar-refractivity contribution is -0.116. The fourth-order valence-electron chi connectivity index (χ4n) is 2.32. The Morgan fingerprint density at radius 1 is 1.14 bits per heavy atom. The standard InChI is InChI=1S/C17H15ClN2O/c1-10-3-5-12(6-4-10)16-14-9-13(18)7-8-15(14)20-17(21)11(2)19-16/h3-9,11H,1-2H3,(H,20,21). The molecule has 0 bridgehead atoms. The van der Waals surface area contributed by atoms with E-state index in [1.165, 1.54) is 5.56 Å². The maximum Gasteiger partial charge on any atom is 0.248 e. The van der Waals surface area contributed by atoms with Gasteiger partial charge in [0.15, 0.2) is 0 Å². The van der Waals surface area contributed by atoms with Crippen molar-refractivity contribution in [3.05, 3.63) is 64.2 Å². The molecule has 1 heterocycles. The Labute approximate surface area is 128 Å². The lowest BCUT2D eigenvalue weighted by Crippen LogP contribution is -2.22. The number of anilines is 1. The topological polar surface area (TPSA) is 41.5 Å². The van der Waals surface area contributed by atoms with E-state index in [0.29, 0.717) is 5.02 Å². The van der Waals surface area contributed by atoms with E-state index in [2.05, 4.69) is 10.3 Å². The SMILES string of the molecule is Cc1ccc(C2=NC(C)C(=O)Nc3ccc(Cl)cc32)cc1. The molecule has 2 aromatic carbocycles. The Bertz CT molecular complexity index is 735. The highest BCUT2D eigenvalue weighted by molar-refractivity contribution is 6.32. The number of halogens is 1. The van der Waals surface area contributed by atoms with Crippen LogP contribution in [-0.4, -0.2) is 17.7 Å². The van der Waals surface area contributed by atoms with Crippen molar-refractivity contribution in [2.75, 3.05) is 5.32 Å². The lowest BCUT2D eigenvalue weighted by atomic mass is 9.99. The van der Waals surface area contributed by atoms with E-state index in [9.17, 15) is 4.79 Å². The van der Waals surface area contributed by atoms with E-state index in [0.717, 1.165) is 22.5 Å². The summed E-state index contributed by atoms with van der Waals surface area (Å²) in [6.07, 6.45) is 0. The number of aliphatic imine (C=N–C) groups is 1. The van der Waals surface area contributed by atoms with E-state index in [-0.39, 0.29) is 5.91 Å². The normalized spacial score (nSPS) is 17.6. The second-order valence-electron chi connectivity index (χ2n) is 5.20. The smallest absolute Gasteiger partial charge is 0.248 e. The molecule has 4 heteroatoms. The molecule has 0 spiro atoms.